The number of aryl methyl sites for hydroxylation is 2. The Bertz CT molecular complexity index is 1060. The van der Waals surface area contributed by atoms with Crippen LogP contribution in [0, 0.1) is 0 Å². The topological polar surface area (TPSA) is 36.4 Å². The summed E-state index contributed by atoms with van der Waals surface area (Å²) in [6, 6.07) is 18.5. The fourth-order valence-corrected chi connectivity index (χ4v) is 5.39. The van der Waals surface area contributed by atoms with E-state index >= 15 is 0 Å². The molecule has 0 radical (unpaired) electrons. The molecule has 0 aromatic heterocycles. The maximum atomic E-state index is 9.60. The third kappa shape index (κ3) is 11.9. The molecule has 0 unspecified atom stereocenters. The SMILES string of the molecule is CCCCCCCCc1cccc(C(=C(CCCC)C(=C=[N+]=[N-])CCCCC)c2ccc(CCCC)cc2)c1. The Morgan fingerprint density at radius 2 is 1.26 bits per heavy atom. The van der Waals surface area contributed by atoms with E-state index in [1.807, 2.05) is 0 Å². The molecule has 0 saturated carbocycles. The molecule has 0 saturated heterocycles. The summed E-state index contributed by atoms with van der Waals surface area (Å²) in [5.74, 6) is 3.02. The minimum absolute atomic E-state index is 0.895. The number of nitrogens with zero attached hydrogens (tertiary/aromatic N) is 2. The van der Waals surface area contributed by atoms with Crippen LogP contribution in [0.4, 0.5) is 0 Å². The van der Waals surface area contributed by atoms with Gasteiger partial charge in [0.25, 0.3) is 0 Å². The van der Waals surface area contributed by atoms with Gasteiger partial charge in [-0.25, -0.2) is 0 Å². The predicted octanol–water partition coefficient (Wildman–Crippen LogP) is 11.3. The largest absolute Gasteiger partial charge is 0.348 e. The molecule has 0 aliphatic rings. The van der Waals surface area contributed by atoms with Crippen molar-refractivity contribution in [1.29, 1.82) is 0 Å². The van der Waals surface area contributed by atoms with Crippen LogP contribution in [0.3, 0.4) is 0 Å². The van der Waals surface area contributed by atoms with Gasteiger partial charge in [0.05, 0.1) is 5.57 Å². The lowest BCUT2D eigenvalue weighted by Gasteiger charge is -2.18. The van der Waals surface area contributed by atoms with Crippen molar-refractivity contribution in [3.05, 3.63) is 87.5 Å². The quantitative estimate of drug-likeness (QED) is 0.0541. The van der Waals surface area contributed by atoms with Crippen molar-refractivity contribution in [2.45, 2.75) is 137 Å². The molecule has 39 heavy (non-hydrogen) atoms. The second-order valence-electron chi connectivity index (χ2n) is 11.1. The Morgan fingerprint density at radius 3 is 1.95 bits per heavy atom. The van der Waals surface area contributed by atoms with Crippen LogP contribution in [0.25, 0.3) is 11.1 Å². The van der Waals surface area contributed by atoms with Gasteiger partial charge in [-0.15, -0.1) is 4.79 Å². The average Bonchev–Trinajstić information content (AvgIpc) is 2.96. The smallest absolute Gasteiger partial charge is 0.303 e. The third-order valence-corrected chi connectivity index (χ3v) is 7.76. The maximum Gasteiger partial charge on any atom is 0.303 e. The first kappa shape index (κ1) is 32.6. The van der Waals surface area contributed by atoms with Gasteiger partial charge in [0, 0.05) is 0 Å². The molecule has 2 aromatic rings. The van der Waals surface area contributed by atoms with Crippen molar-refractivity contribution in [2.24, 2.45) is 0 Å². The van der Waals surface area contributed by atoms with E-state index in [0.717, 1.165) is 50.5 Å². The van der Waals surface area contributed by atoms with Gasteiger partial charge < -0.3 is 5.53 Å². The molecule has 0 spiro atoms. The Labute approximate surface area is 240 Å². The molecule has 0 heterocycles. The Morgan fingerprint density at radius 1 is 0.615 bits per heavy atom. The highest BCUT2D eigenvalue weighted by molar-refractivity contribution is 5.87. The number of hydrogen-bond acceptors (Lipinski definition) is 0. The van der Waals surface area contributed by atoms with Crippen LogP contribution in [0.2, 0.25) is 0 Å². The summed E-state index contributed by atoms with van der Waals surface area (Å²) in [6.07, 6.45) is 20.1. The molecule has 2 heteroatoms. The van der Waals surface area contributed by atoms with Crippen LogP contribution < -0.4 is 0 Å². The van der Waals surface area contributed by atoms with Gasteiger partial charge in [-0.3, -0.25) is 0 Å². The molecule has 0 aliphatic heterocycles. The second-order valence-corrected chi connectivity index (χ2v) is 11.1. The van der Waals surface area contributed by atoms with E-state index in [9.17, 15) is 5.53 Å². The highest BCUT2D eigenvalue weighted by Gasteiger charge is 2.18. The van der Waals surface area contributed by atoms with Crippen molar-refractivity contribution in [3.63, 3.8) is 0 Å². The summed E-state index contributed by atoms with van der Waals surface area (Å²) >= 11 is 0. The van der Waals surface area contributed by atoms with Crippen molar-refractivity contribution in [3.8, 4) is 0 Å². The summed E-state index contributed by atoms with van der Waals surface area (Å²) in [5.41, 5.74) is 18.6. The first-order chi connectivity index (χ1) is 19.2. The van der Waals surface area contributed by atoms with Gasteiger partial charge in [-0.1, -0.05) is 134 Å². The third-order valence-electron chi connectivity index (χ3n) is 7.76. The predicted molar refractivity (Wildman–Crippen MR) is 170 cm³/mol. The van der Waals surface area contributed by atoms with Gasteiger partial charge in [0.1, 0.15) is 0 Å². The highest BCUT2D eigenvalue weighted by Crippen LogP contribution is 2.35. The normalized spacial score (nSPS) is 11.6. The van der Waals surface area contributed by atoms with Crippen molar-refractivity contribution in [2.75, 3.05) is 0 Å². The van der Waals surface area contributed by atoms with Crippen molar-refractivity contribution in [1.82, 2.24) is 0 Å². The number of rotatable bonds is 20. The van der Waals surface area contributed by atoms with Crippen LogP contribution in [0.15, 0.2) is 59.7 Å². The molecule has 0 atom stereocenters. The van der Waals surface area contributed by atoms with Gasteiger partial charge in [0.15, 0.2) is 0 Å². The lowest BCUT2D eigenvalue weighted by Crippen LogP contribution is -2.02. The van der Waals surface area contributed by atoms with Crippen LogP contribution in [-0.2, 0) is 12.8 Å². The standard InChI is InChI=1S/C37H54N2/c1-5-9-13-14-15-17-20-32-21-18-23-34(29-32)37(33-27-25-31(26-28-33)19-11-7-3)36(24-12-8-4)35(30-39-38)22-16-10-6-2/h18,21,23,25-29H,5-17,19-20,22,24H2,1-4H3. The minimum Gasteiger partial charge on any atom is -0.348 e. The molecule has 0 N–H and O–H groups in total. The van der Waals surface area contributed by atoms with Gasteiger partial charge >= 0.3 is 5.87 Å². The fourth-order valence-electron chi connectivity index (χ4n) is 5.39. The van der Waals surface area contributed by atoms with Gasteiger partial charge in [-0.2, -0.15) is 0 Å². The van der Waals surface area contributed by atoms with Gasteiger partial charge in [0.2, 0.25) is 0 Å². The fraction of sp³-hybridized carbons (Fsp3) is 0.568. The van der Waals surface area contributed by atoms with Crippen LogP contribution in [0.1, 0.15) is 146 Å². The molecule has 212 valence electrons. The summed E-state index contributed by atoms with van der Waals surface area (Å²) < 4.78 is 0. The van der Waals surface area contributed by atoms with Crippen molar-refractivity contribution < 1.29 is 4.79 Å². The molecular formula is C37H54N2. The highest BCUT2D eigenvalue weighted by atomic mass is 14.8. The van der Waals surface area contributed by atoms with E-state index in [0.29, 0.717) is 0 Å². The molecular weight excluding hydrogens is 472 g/mol. The Kier molecular flexibility index (Phi) is 16.9. The first-order valence-corrected chi connectivity index (χ1v) is 16.1. The number of hydrogen-bond donors (Lipinski definition) is 0. The monoisotopic (exact) mass is 526 g/mol. The molecule has 0 bridgehead atoms. The Hall–Kier alpha value is -2.66. The number of allylic oxidation sites excluding steroid dienone is 2. The van der Waals surface area contributed by atoms with E-state index in [2.05, 4.69) is 86.9 Å². The maximum absolute atomic E-state index is 9.60. The lowest BCUT2D eigenvalue weighted by atomic mass is 9.84. The molecule has 0 amide bonds. The van der Waals surface area contributed by atoms with Gasteiger partial charge in [-0.05, 0) is 84.8 Å². The zero-order valence-electron chi connectivity index (χ0n) is 25.5. The zero-order valence-corrected chi connectivity index (χ0v) is 25.5. The molecule has 0 fully saturated rings. The summed E-state index contributed by atoms with van der Waals surface area (Å²) in [5, 5.41) is 0. The molecule has 2 aromatic carbocycles. The lowest BCUT2D eigenvalue weighted by molar-refractivity contribution is 0.00739. The first-order valence-electron chi connectivity index (χ1n) is 16.1. The van der Waals surface area contributed by atoms with E-state index in [1.165, 1.54) is 97.6 Å². The number of benzene rings is 2. The minimum atomic E-state index is 0.895. The van der Waals surface area contributed by atoms with Crippen molar-refractivity contribution >= 4 is 11.4 Å². The summed E-state index contributed by atoms with van der Waals surface area (Å²) in [4.78, 5) is 3.43. The summed E-state index contributed by atoms with van der Waals surface area (Å²) in [6.45, 7) is 9.02. The molecule has 2 rings (SSSR count). The second kappa shape index (κ2) is 20.3. The van der Waals surface area contributed by atoms with Crippen LogP contribution in [0.5, 0.6) is 0 Å². The van der Waals surface area contributed by atoms with Crippen LogP contribution >= 0.6 is 0 Å². The zero-order chi connectivity index (χ0) is 28.1. The Balaban J connectivity index is 2.55. The molecule has 2 nitrogen and oxygen atoms in total. The number of unbranched alkanes of at least 4 members (excludes halogenated alkanes) is 9. The van der Waals surface area contributed by atoms with E-state index in [1.54, 1.807) is 0 Å². The van der Waals surface area contributed by atoms with Crippen LogP contribution in [-0.4, -0.2) is 10.7 Å². The van der Waals surface area contributed by atoms with E-state index in [-0.39, 0.29) is 0 Å². The average molecular weight is 527 g/mol. The summed E-state index contributed by atoms with van der Waals surface area (Å²) in [7, 11) is 0. The van der Waals surface area contributed by atoms with E-state index in [4.69, 9.17) is 0 Å². The van der Waals surface area contributed by atoms with E-state index < -0.39 is 0 Å². The molecule has 0 aliphatic carbocycles.